The predicted molar refractivity (Wildman–Crippen MR) is 135 cm³/mol. The summed E-state index contributed by atoms with van der Waals surface area (Å²) in [6.07, 6.45) is 4.13. The molecule has 7 nitrogen and oxygen atoms in total. The zero-order valence-electron chi connectivity index (χ0n) is 20.6. The van der Waals surface area contributed by atoms with Gasteiger partial charge in [0.25, 0.3) is 0 Å². The Hall–Kier alpha value is -2.06. The molecule has 2 bridgehead atoms. The summed E-state index contributed by atoms with van der Waals surface area (Å²) in [4.78, 5) is 42.4. The van der Waals surface area contributed by atoms with Crippen LogP contribution in [0, 0.1) is 31.6 Å². The predicted octanol–water partition coefficient (Wildman–Crippen LogP) is 2.88. The zero-order chi connectivity index (χ0) is 24.6. The number of hydrogen-bond acceptors (Lipinski definition) is 5. The number of nitrogens with one attached hydrogen (secondary N) is 2. The van der Waals surface area contributed by atoms with E-state index in [0.717, 1.165) is 48.9 Å². The minimum absolute atomic E-state index is 0.0570. The Bertz CT molecular complexity index is 969. The van der Waals surface area contributed by atoms with Crippen molar-refractivity contribution in [2.24, 2.45) is 17.8 Å². The number of aliphatic hydroxyl groups excluding tert-OH is 1. The third-order valence-electron chi connectivity index (χ3n) is 8.00. The first kappa shape index (κ1) is 25.0. The van der Waals surface area contributed by atoms with Crippen molar-refractivity contribution in [1.29, 1.82) is 0 Å². The van der Waals surface area contributed by atoms with Crippen LogP contribution < -0.4 is 10.6 Å². The molecular weight excluding hydrogens is 450 g/mol. The Kier molecular flexibility index (Phi) is 7.29. The minimum Gasteiger partial charge on any atom is -0.396 e. The standard InChI is InChI=1S/C26H37N3O4S/c1-15-9-10-16(2)18(13-15)28-24(32)22-26-17(3)14-19(34-26)20(23(31)27-4)21(26)25(33)29(22)11-7-5-6-8-12-30/h9-10,13,17,19-22,30H,5-8,11-12,14H2,1-4H3,(H,27,31)(H,28,32)/t17?,19-,20+,21-,22?,26?/m0/s1. The van der Waals surface area contributed by atoms with Crippen molar-refractivity contribution >= 4 is 35.2 Å². The number of fused-ring (bicyclic) bond motifs is 1. The summed E-state index contributed by atoms with van der Waals surface area (Å²) < 4.78 is -0.591. The van der Waals surface area contributed by atoms with Crippen LogP contribution in [-0.2, 0) is 14.4 Å². The number of carbonyl (C=O) groups excluding carboxylic acids is 3. The number of aliphatic hydroxyl groups is 1. The minimum atomic E-state index is -0.609. The van der Waals surface area contributed by atoms with Gasteiger partial charge in [-0.2, -0.15) is 0 Å². The van der Waals surface area contributed by atoms with Gasteiger partial charge in [0, 0.05) is 31.1 Å². The van der Waals surface area contributed by atoms with Gasteiger partial charge in [-0.05, 0) is 56.2 Å². The molecular formula is C26H37N3O4S. The van der Waals surface area contributed by atoms with E-state index in [1.54, 1.807) is 23.7 Å². The Morgan fingerprint density at radius 2 is 1.91 bits per heavy atom. The van der Waals surface area contributed by atoms with Crippen molar-refractivity contribution in [2.45, 2.75) is 68.9 Å². The third kappa shape index (κ3) is 4.02. The number of rotatable bonds is 9. The Balaban J connectivity index is 1.67. The summed E-state index contributed by atoms with van der Waals surface area (Å²) in [6, 6.07) is 5.36. The third-order valence-corrected chi connectivity index (χ3v) is 10.1. The fourth-order valence-electron chi connectivity index (χ4n) is 6.35. The van der Waals surface area contributed by atoms with Crippen LogP contribution in [0.15, 0.2) is 18.2 Å². The van der Waals surface area contributed by atoms with Crippen molar-refractivity contribution in [3.05, 3.63) is 29.3 Å². The Labute approximate surface area is 206 Å². The lowest BCUT2D eigenvalue weighted by molar-refractivity contribution is -0.139. The molecule has 3 unspecified atom stereocenters. The Morgan fingerprint density at radius 3 is 2.62 bits per heavy atom. The van der Waals surface area contributed by atoms with Crippen molar-refractivity contribution in [3.63, 3.8) is 0 Å². The largest absolute Gasteiger partial charge is 0.396 e. The molecule has 3 fully saturated rings. The number of unbranched alkanes of at least 4 members (excludes halogenated alkanes) is 3. The topological polar surface area (TPSA) is 98.7 Å². The van der Waals surface area contributed by atoms with Crippen molar-refractivity contribution < 1.29 is 19.5 Å². The van der Waals surface area contributed by atoms with Gasteiger partial charge in [0.05, 0.1) is 16.6 Å². The van der Waals surface area contributed by atoms with E-state index in [1.165, 1.54) is 0 Å². The van der Waals surface area contributed by atoms with Gasteiger partial charge in [-0.3, -0.25) is 14.4 Å². The van der Waals surface area contributed by atoms with Gasteiger partial charge in [0.1, 0.15) is 6.04 Å². The monoisotopic (exact) mass is 487 g/mol. The molecule has 3 N–H and O–H groups in total. The summed E-state index contributed by atoms with van der Waals surface area (Å²) in [5, 5.41) is 15.0. The number of nitrogens with zero attached hydrogens (tertiary/aromatic N) is 1. The van der Waals surface area contributed by atoms with Crippen molar-refractivity contribution in [1.82, 2.24) is 10.2 Å². The number of aryl methyl sites for hydroxylation is 2. The lowest BCUT2D eigenvalue weighted by atomic mass is 9.66. The lowest BCUT2D eigenvalue weighted by Gasteiger charge is -2.38. The summed E-state index contributed by atoms with van der Waals surface area (Å²) in [6.45, 7) is 6.75. The first-order chi connectivity index (χ1) is 16.3. The molecule has 3 aliphatic rings. The summed E-state index contributed by atoms with van der Waals surface area (Å²) in [5.74, 6) is -1.02. The summed E-state index contributed by atoms with van der Waals surface area (Å²) in [5.41, 5.74) is 2.81. The maximum absolute atomic E-state index is 13.9. The van der Waals surface area contributed by atoms with Gasteiger partial charge < -0.3 is 20.6 Å². The van der Waals surface area contributed by atoms with E-state index in [0.29, 0.717) is 6.54 Å². The highest BCUT2D eigenvalue weighted by molar-refractivity contribution is 8.02. The fraction of sp³-hybridized carbons (Fsp3) is 0.654. The number of hydrogen-bond donors (Lipinski definition) is 3. The first-order valence-corrected chi connectivity index (χ1v) is 13.3. The normalized spacial score (nSPS) is 31.6. The molecule has 0 aromatic heterocycles. The lowest BCUT2D eigenvalue weighted by Crippen LogP contribution is -2.55. The zero-order valence-corrected chi connectivity index (χ0v) is 21.4. The molecule has 4 rings (SSSR count). The highest BCUT2D eigenvalue weighted by Gasteiger charge is 2.75. The van der Waals surface area contributed by atoms with Gasteiger partial charge in [0.2, 0.25) is 17.7 Å². The first-order valence-electron chi connectivity index (χ1n) is 12.4. The van der Waals surface area contributed by atoms with E-state index in [-0.39, 0.29) is 35.5 Å². The molecule has 8 heteroatoms. The molecule has 0 aliphatic carbocycles. The van der Waals surface area contributed by atoms with E-state index < -0.39 is 22.6 Å². The molecule has 3 aliphatic heterocycles. The Morgan fingerprint density at radius 1 is 1.18 bits per heavy atom. The molecule has 3 heterocycles. The number of anilines is 1. The maximum atomic E-state index is 13.9. The molecule has 186 valence electrons. The number of benzene rings is 1. The number of thioether (sulfide) groups is 1. The van der Waals surface area contributed by atoms with Crippen LogP contribution >= 0.6 is 11.8 Å². The van der Waals surface area contributed by atoms with Crippen LogP contribution in [-0.4, -0.2) is 64.0 Å². The number of amides is 3. The number of likely N-dealkylation sites (tertiary alicyclic amines) is 1. The molecule has 3 amide bonds. The molecule has 34 heavy (non-hydrogen) atoms. The van der Waals surface area contributed by atoms with Gasteiger partial charge in [0.15, 0.2) is 0 Å². The molecule has 1 aromatic carbocycles. The van der Waals surface area contributed by atoms with Crippen molar-refractivity contribution in [2.75, 3.05) is 25.5 Å². The maximum Gasteiger partial charge on any atom is 0.248 e. The summed E-state index contributed by atoms with van der Waals surface area (Å²) in [7, 11) is 1.62. The molecule has 0 saturated carbocycles. The van der Waals surface area contributed by atoms with E-state index in [2.05, 4.69) is 17.6 Å². The van der Waals surface area contributed by atoms with Gasteiger partial charge >= 0.3 is 0 Å². The van der Waals surface area contributed by atoms with Crippen LogP contribution in [0.3, 0.4) is 0 Å². The summed E-state index contributed by atoms with van der Waals surface area (Å²) >= 11 is 1.70. The van der Waals surface area contributed by atoms with Gasteiger partial charge in [-0.1, -0.05) is 31.9 Å². The van der Waals surface area contributed by atoms with Crippen LogP contribution in [0.1, 0.15) is 50.2 Å². The second-order valence-electron chi connectivity index (χ2n) is 10.1. The van der Waals surface area contributed by atoms with Crippen molar-refractivity contribution in [3.8, 4) is 0 Å². The highest BCUT2D eigenvalue weighted by atomic mass is 32.2. The number of carbonyl (C=O) groups is 3. The van der Waals surface area contributed by atoms with Crippen LogP contribution in [0.5, 0.6) is 0 Å². The van der Waals surface area contributed by atoms with Crippen LogP contribution in [0.2, 0.25) is 0 Å². The van der Waals surface area contributed by atoms with E-state index in [9.17, 15) is 14.4 Å². The van der Waals surface area contributed by atoms with E-state index in [4.69, 9.17) is 5.11 Å². The quantitative estimate of drug-likeness (QED) is 0.465. The molecule has 3 saturated heterocycles. The second kappa shape index (κ2) is 9.90. The van der Waals surface area contributed by atoms with E-state index >= 15 is 0 Å². The molecule has 1 aromatic rings. The van der Waals surface area contributed by atoms with E-state index in [1.807, 2.05) is 32.0 Å². The SMILES string of the molecule is CNC(=O)[C@@H]1[C@@H]2CC(C)C3(S2)C(C(=O)Nc2cc(C)ccc2C)N(CCCCCCO)C(=O)[C@H]13. The average molecular weight is 488 g/mol. The second-order valence-corrected chi connectivity index (χ2v) is 11.7. The van der Waals surface area contributed by atoms with Crippen LogP contribution in [0.4, 0.5) is 5.69 Å². The molecule has 0 radical (unpaired) electrons. The van der Waals surface area contributed by atoms with Gasteiger partial charge in [-0.15, -0.1) is 11.8 Å². The van der Waals surface area contributed by atoms with Gasteiger partial charge in [-0.25, -0.2) is 0 Å². The smallest absolute Gasteiger partial charge is 0.248 e. The highest BCUT2D eigenvalue weighted by Crippen LogP contribution is 2.68. The molecule has 6 atom stereocenters. The molecule has 1 spiro atoms. The fourth-order valence-corrected chi connectivity index (χ4v) is 8.77. The average Bonchev–Trinajstić information content (AvgIpc) is 3.39. The van der Waals surface area contributed by atoms with Crippen LogP contribution in [0.25, 0.3) is 0 Å².